The van der Waals surface area contributed by atoms with Crippen LogP contribution in [0.3, 0.4) is 0 Å². The molecule has 28 heavy (non-hydrogen) atoms. The number of hydrogen-bond acceptors (Lipinski definition) is 4. The van der Waals surface area contributed by atoms with Crippen LogP contribution in [0, 0.1) is 0 Å². The van der Waals surface area contributed by atoms with E-state index < -0.39 is 0 Å². The minimum Gasteiger partial charge on any atom is -0.325 e. The van der Waals surface area contributed by atoms with E-state index in [4.69, 9.17) is 0 Å². The molecule has 0 saturated carbocycles. The summed E-state index contributed by atoms with van der Waals surface area (Å²) in [5.41, 5.74) is 3.36. The van der Waals surface area contributed by atoms with Gasteiger partial charge in [-0.3, -0.25) is 14.6 Å². The van der Waals surface area contributed by atoms with E-state index >= 15 is 0 Å². The van der Waals surface area contributed by atoms with Crippen molar-refractivity contribution in [3.8, 4) is 0 Å². The molecule has 0 unspecified atom stereocenters. The monoisotopic (exact) mass is 380 g/mol. The first-order valence-corrected chi connectivity index (χ1v) is 10.2. The van der Waals surface area contributed by atoms with Crippen LogP contribution < -0.4 is 5.32 Å². The number of piperazine rings is 1. The molecule has 0 aromatic heterocycles. The van der Waals surface area contributed by atoms with Gasteiger partial charge < -0.3 is 10.2 Å². The largest absolute Gasteiger partial charge is 0.325 e. The molecule has 1 amide bonds. The number of benzene rings is 2. The van der Waals surface area contributed by atoms with Gasteiger partial charge in [-0.15, -0.1) is 0 Å². The van der Waals surface area contributed by atoms with Crippen molar-refractivity contribution in [3.05, 3.63) is 65.7 Å². The van der Waals surface area contributed by atoms with Gasteiger partial charge in [0.05, 0.1) is 6.54 Å². The number of hydrogen-bond donors (Lipinski definition) is 1. The van der Waals surface area contributed by atoms with Crippen LogP contribution in [0.2, 0.25) is 0 Å². The number of carbonyl (C=O) groups excluding carboxylic acids is 1. The van der Waals surface area contributed by atoms with Crippen LogP contribution >= 0.6 is 0 Å². The SMILES string of the molecule is CCN1CCN(Cc2ccc(NC(=O)CN(C)Cc3ccccc3)cc2)CC1. The highest BCUT2D eigenvalue weighted by Crippen LogP contribution is 2.13. The van der Waals surface area contributed by atoms with Gasteiger partial charge in [0.15, 0.2) is 0 Å². The molecule has 2 aromatic carbocycles. The van der Waals surface area contributed by atoms with Crippen molar-refractivity contribution in [2.24, 2.45) is 0 Å². The Labute approximate surface area is 168 Å². The summed E-state index contributed by atoms with van der Waals surface area (Å²) in [4.78, 5) is 19.3. The second-order valence-corrected chi connectivity index (χ2v) is 7.61. The normalized spacial score (nSPS) is 15.7. The van der Waals surface area contributed by atoms with Crippen LogP contribution in [0.25, 0.3) is 0 Å². The highest BCUT2D eigenvalue weighted by Gasteiger charge is 2.15. The Bertz CT molecular complexity index is 724. The summed E-state index contributed by atoms with van der Waals surface area (Å²) in [6.45, 7) is 10.0. The van der Waals surface area contributed by atoms with Crippen molar-refractivity contribution >= 4 is 11.6 Å². The molecule has 0 aliphatic carbocycles. The van der Waals surface area contributed by atoms with E-state index in [0.717, 1.165) is 51.5 Å². The molecule has 1 N–H and O–H groups in total. The van der Waals surface area contributed by atoms with E-state index in [1.165, 1.54) is 11.1 Å². The average Bonchev–Trinajstić information content (AvgIpc) is 2.70. The quantitative estimate of drug-likeness (QED) is 0.764. The van der Waals surface area contributed by atoms with Crippen molar-refractivity contribution < 1.29 is 4.79 Å². The standard InChI is InChI=1S/C23H32N4O/c1-3-26-13-15-27(16-14-26)18-21-9-11-22(12-10-21)24-23(28)19-25(2)17-20-7-5-4-6-8-20/h4-12H,3,13-19H2,1-2H3,(H,24,28). The van der Waals surface area contributed by atoms with Crippen molar-refractivity contribution in [2.75, 3.05) is 51.6 Å². The second kappa shape index (κ2) is 10.4. The fourth-order valence-electron chi connectivity index (χ4n) is 3.61. The number of carbonyl (C=O) groups is 1. The van der Waals surface area contributed by atoms with Crippen LogP contribution in [0.5, 0.6) is 0 Å². The lowest BCUT2D eigenvalue weighted by Gasteiger charge is -2.34. The van der Waals surface area contributed by atoms with Gasteiger partial charge in [0, 0.05) is 45.0 Å². The Morgan fingerprint density at radius 1 is 0.929 bits per heavy atom. The van der Waals surface area contributed by atoms with Crippen molar-refractivity contribution in [3.63, 3.8) is 0 Å². The zero-order chi connectivity index (χ0) is 19.8. The summed E-state index contributed by atoms with van der Waals surface area (Å²) in [6, 6.07) is 18.5. The molecule has 1 heterocycles. The lowest BCUT2D eigenvalue weighted by atomic mass is 10.1. The first-order valence-electron chi connectivity index (χ1n) is 10.2. The Hall–Kier alpha value is -2.21. The van der Waals surface area contributed by atoms with E-state index in [-0.39, 0.29) is 5.91 Å². The fraction of sp³-hybridized carbons (Fsp3) is 0.435. The summed E-state index contributed by atoms with van der Waals surface area (Å²) in [6.07, 6.45) is 0. The van der Waals surface area contributed by atoms with Gasteiger partial charge in [-0.05, 0) is 36.9 Å². The lowest BCUT2D eigenvalue weighted by molar-refractivity contribution is -0.117. The maximum atomic E-state index is 12.3. The maximum Gasteiger partial charge on any atom is 0.238 e. The topological polar surface area (TPSA) is 38.8 Å². The molecule has 1 aliphatic rings. The Morgan fingerprint density at radius 3 is 2.21 bits per heavy atom. The van der Waals surface area contributed by atoms with E-state index in [1.807, 2.05) is 42.3 Å². The van der Waals surface area contributed by atoms with Gasteiger partial charge >= 0.3 is 0 Å². The van der Waals surface area contributed by atoms with Crippen molar-refractivity contribution in [1.29, 1.82) is 0 Å². The van der Waals surface area contributed by atoms with E-state index in [9.17, 15) is 4.79 Å². The number of nitrogens with one attached hydrogen (secondary N) is 1. The third-order valence-corrected chi connectivity index (χ3v) is 5.26. The maximum absolute atomic E-state index is 12.3. The molecule has 0 bridgehead atoms. The molecule has 0 radical (unpaired) electrons. The molecule has 1 aliphatic heterocycles. The average molecular weight is 381 g/mol. The number of rotatable bonds is 8. The highest BCUT2D eigenvalue weighted by atomic mass is 16.2. The first kappa shape index (κ1) is 20.5. The van der Waals surface area contributed by atoms with Crippen molar-refractivity contribution in [1.82, 2.24) is 14.7 Å². The smallest absolute Gasteiger partial charge is 0.238 e. The number of nitrogens with zero attached hydrogens (tertiary/aromatic N) is 3. The van der Waals surface area contributed by atoms with Crippen LogP contribution in [-0.2, 0) is 17.9 Å². The van der Waals surface area contributed by atoms with Crippen LogP contribution in [0.15, 0.2) is 54.6 Å². The van der Waals surface area contributed by atoms with E-state index in [1.54, 1.807) is 0 Å². The minimum absolute atomic E-state index is 0.0156. The second-order valence-electron chi connectivity index (χ2n) is 7.61. The third-order valence-electron chi connectivity index (χ3n) is 5.26. The Kier molecular flexibility index (Phi) is 7.60. The number of amides is 1. The van der Waals surface area contributed by atoms with Crippen LogP contribution in [-0.4, -0.2) is 66.9 Å². The lowest BCUT2D eigenvalue weighted by Crippen LogP contribution is -2.45. The zero-order valence-corrected chi connectivity index (χ0v) is 17.1. The fourth-order valence-corrected chi connectivity index (χ4v) is 3.61. The predicted molar refractivity (Wildman–Crippen MR) is 115 cm³/mol. The minimum atomic E-state index is 0.0156. The molecule has 3 rings (SSSR count). The summed E-state index contributed by atoms with van der Waals surface area (Å²) in [7, 11) is 1.97. The molecule has 1 fully saturated rings. The highest BCUT2D eigenvalue weighted by molar-refractivity contribution is 5.92. The Morgan fingerprint density at radius 2 is 1.57 bits per heavy atom. The molecule has 1 saturated heterocycles. The summed E-state index contributed by atoms with van der Waals surface area (Å²) in [5.74, 6) is 0.0156. The molecular weight excluding hydrogens is 348 g/mol. The third kappa shape index (κ3) is 6.44. The molecule has 0 spiro atoms. The van der Waals surface area contributed by atoms with Gasteiger partial charge in [0.25, 0.3) is 0 Å². The predicted octanol–water partition coefficient (Wildman–Crippen LogP) is 2.89. The Balaban J connectivity index is 1.42. The van der Waals surface area contributed by atoms with E-state index in [2.05, 4.69) is 46.3 Å². The summed E-state index contributed by atoms with van der Waals surface area (Å²) >= 11 is 0. The number of anilines is 1. The zero-order valence-electron chi connectivity index (χ0n) is 17.1. The van der Waals surface area contributed by atoms with Crippen LogP contribution in [0.4, 0.5) is 5.69 Å². The van der Waals surface area contributed by atoms with Crippen LogP contribution in [0.1, 0.15) is 18.1 Å². The van der Waals surface area contributed by atoms with Gasteiger partial charge in [-0.25, -0.2) is 0 Å². The molecular formula is C23H32N4O. The number of likely N-dealkylation sites (N-methyl/N-ethyl adjacent to an activating group) is 2. The first-order chi connectivity index (χ1) is 13.6. The molecule has 2 aromatic rings. The summed E-state index contributed by atoms with van der Waals surface area (Å²) in [5, 5.41) is 3.00. The van der Waals surface area contributed by atoms with Gasteiger partial charge in [0.1, 0.15) is 0 Å². The van der Waals surface area contributed by atoms with E-state index in [0.29, 0.717) is 6.54 Å². The molecule has 150 valence electrons. The van der Waals surface area contributed by atoms with Crippen molar-refractivity contribution in [2.45, 2.75) is 20.0 Å². The van der Waals surface area contributed by atoms with Gasteiger partial charge in [0.2, 0.25) is 5.91 Å². The molecule has 5 nitrogen and oxygen atoms in total. The molecule has 0 atom stereocenters. The van der Waals surface area contributed by atoms with Gasteiger partial charge in [-0.2, -0.15) is 0 Å². The van der Waals surface area contributed by atoms with Gasteiger partial charge in [-0.1, -0.05) is 49.4 Å². The summed E-state index contributed by atoms with van der Waals surface area (Å²) < 4.78 is 0. The molecule has 5 heteroatoms.